The first-order valence-corrected chi connectivity index (χ1v) is 7.36. The minimum Gasteiger partial charge on any atom is -0.480 e. The topological polar surface area (TPSA) is 52.6 Å². The van der Waals surface area contributed by atoms with Crippen LogP contribution in [-0.2, 0) is 11.3 Å². The zero-order chi connectivity index (χ0) is 14.4. The van der Waals surface area contributed by atoms with Gasteiger partial charge in [0.1, 0.15) is 0 Å². The summed E-state index contributed by atoms with van der Waals surface area (Å²) in [6.45, 7) is 0.969. The molecule has 0 bridgehead atoms. The third-order valence-electron chi connectivity index (χ3n) is 4.09. The highest BCUT2D eigenvalue weighted by Crippen LogP contribution is 2.23. The van der Waals surface area contributed by atoms with E-state index in [1.165, 1.54) is 18.4 Å². The van der Waals surface area contributed by atoms with Gasteiger partial charge in [-0.05, 0) is 25.5 Å². The maximum absolute atomic E-state index is 10.7. The highest BCUT2D eigenvalue weighted by atomic mass is 16.4. The van der Waals surface area contributed by atoms with E-state index in [0.29, 0.717) is 6.04 Å². The largest absolute Gasteiger partial charge is 0.480 e. The number of hydrogen-bond acceptors (Lipinski definition) is 3. The normalized spacial score (nSPS) is 22.9. The molecule has 1 aliphatic rings. The number of nitrogens with zero attached hydrogens (tertiary/aromatic N) is 1. The smallest absolute Gasteiger partial charge is 0.317 e. The van der Waals surface area contributed by atoms with Crippen molar-refractivity contribution < 1.29 is 9.90 Å². The highest BCUT2D eigenvalue weighted by Gasteiger charge is 2.28. The van der Waals surface area contributed by atoms with Crippen molar-refractivity contribution >= 4 is 5.97 Å². The fraction of sp³-hybridized carbons (Fsp3) is 0.562. The first kappa shape index (κ1) is 15.0. The van der Waals surface area contributed by atoms with Crippen LogP contribution in [0.4, 0.5) is 0 Å². The van der Waals surface area contributed by atoms with Gasteiger partial charge in [-0.1, -0.05) is 43.2 Å². The van der Waals surface area contributed by atoms with Gasteiger partial charge in [-0.2, -0.15) is 0 Å². The maximum Gasteiger partial charge on any atom is 0.317 e. The summed E-state index contributed by atoms with van der Waals surface area (Å²) in [6, 6.07) is 11.1. The van der Waals surface area contributed by atoms with Crippen LogP contribution in [0, 0.1) is 0 Å². The van der Waals surface area contributed by atoms with Crippen molar-refractivity contribution in [3.05, 3.63) is 35.9 Å². The van der Waals surface area contributed by atoms with E-state index < -0.39 is 5.97 Å². The Kier molecular flexibility index (Phi) is 5.56. The van der Waals surface area contributed by atoms with E-state index in [0.717, 1.165) is 19.4 Å². The number of hydrogen-bond donors (Lipinski definition) is 2. The van der Waals surface area contributed by atoms with E-state index in [4.69, 9.17) is 5.11 Å². The number of rotatable bonds is 6. The average molecular weight is 276 g/mol. The lowest BCUT2D eigenvalue weighted by atomic mass is 9.89. The molecule has 0 heterocycles. The van der Waals surface area contributed by atoms with Crippen molar-refractivity contribution in [2.75, 3.05) is 13.6 Å². The summed E-state index contributed by atoms with van der Waals surface area (Å²) >= 11 is 0. The predicted molar refractivity (Wildman–Crippen MR) is 79.6 cm³/mol. The molecule has 0 unspecified atom stereocenters. The van der Waals surface area contributed by atoms with Gasteiger partial charge in [0, 0.05) is 18.6 Å². The van der Waals surface area contributed by atoms with Gasteiger partial charge in [0.05, 0.1) is 6.54 Å². The minimum absolute atomic E-state index is 0.0559. The lowest BCUT2D eigenvalue weighted by Crippen LogP contribution is -2.51. The summed E-state index contributed by atoms with van der Waals surface area (Å²) in [5, 5.41) is 12.0. The summed E-state index contributed by atoms with van der Waals surface area (Å²) in [4.78, 5) is 13.1. The third-order valence-corrected chi connectivity index (χ3v) is 4.09. The molecule has 2 N–H and O–H groups in total. The SMILES string of the molecule is CN(Cc1ccccc1)[C@H]1CCCC[C@@H]1NCC(=O)O. The second kappa shape index (κ2) is 7.41. The van der Waals surface area contributed by atoms with Crippen molar-refractivity contribution in [1.82, 2.24) is 10.2 Å². The van der Waals surface area contributed by atoms with Gasteiger partial charge in [0.25, 0.3) is 0 Å². The van der Waals surface area contributed by atoms with Crippen molar-refractivity contribution in [3.8, 4) is 0 Å². The van der Waals surface area contributed by atoms with Crippen molar-refractivity contribution in [3.63, 3.8) is 0 Å². The maximum atomic E-state index is 10.7. The Bertz CT molecular complexity index is 422. The molecule has 1 fully saturated rings. The fourth-order valence-corrected chi connectivity index (χ4v) is 3.08. The number of nitrogens with one attached hydrogen (secondary N) is 1. The van der Waals surface area contributed by atoms with E-state index in [1.54, 1.807) is 0 Å². The van der Waals surface area contributed by atoms with E-state index in [9.17, 15) is 4.79 Å². The van der Waals surface area contributed by atoms with E-state index in [-0.39, 0.29) is 12.6 Å². The molecule has 0 amide bonds. The second-order valence-electron chi connectivity index (χ2n) is 5.63. The predicted octanol–water partition coefficient (Wildman–Crippen LogP) is 2.10. The van der Waals surface area contributed by atoms with Gasteiger partial charge in [-0.3, -0.25) is 9.69 Å². The summed E-state index contributed by atoms with van der Waals surface area (Å²) in [5.41, 5.74) is 1.30. The van der Waals surface area contributed by atoms with Crippen LogP contribution in [0.5, 0.6) is 0 Å². The van der Waals surface area contributed by atoms with Crippen LogP contribution in [0.3, 0.4) is 0 Å². The van der Waals surface area contributed by atoms with Crippen LogP contribution in [0.25, 0.3) is 0 Å². The average Bonchev–Trinajstić information content (AvgIpc) is 2.46. The Morgan fingerprint density at radius 1 is 1.30 bits per heavy atom. The molecule has 0 aliphatic heterocycles. The zero-order valence-electron chi connectivity index (χ0n) is 12.1. The number of carboxylic acid groups (broad SMARTS) is 1. The Morgan fingerprint density at radius 3 is 2.70 bits per heavy atom. The van der Waals surface area contributed by atoms with Gasteiger partial charge < -0.3 is 10.4 Å². The number of carboxylic acids is 1. The van der Waals surface area contributed by atoms with Gasteiger partial charge in [-0.25, -0.2) is 0 Å². The van der Waals surface area contributed by atoms with Crippen LogP contribution >= 0.6 is 0 Å². The zero-order valence-corrected chi connectivity index (χ0v) is 12.1. The third kappa shape index (κ3) is 4.32. The monoisotopic (exact) mass is 276 g/mol. The fourth-order valence-electron chi connectivity index (χ4n) is 3.08. The van der Waals surface area contributed by atoms with Crippen LogP contribution in [0.2, 0.25) is 0 Å². The molecule has 0 radical (unpaired) electrons. The van der Waals surface area contributed by atoms with Gasteiger partial charge in [0.15, 0.2) is 0 Å². The molecular formula is C16H24N2O2. The Morgan fingerprint density at radius 2 is 2.00 bits per heavy atom. The lowest BCUT2D eigenvalue weighted by Gasteiger charge is -2.38. The number of aliphatic carboxylic acids is 1. The van der Waals surface area contributed by atoms with Crippen molar-refractivity contribution in [1.29, 1.82) is 0 Å². The van der Waals surface area contributed by atoms with Crippen LogP contribution in [-0.4, -0.2) is 41.7 Å². The second-order valence-corrected chi connectivity index (χ2v) is 5.63. The molecule has 0 aromatic heterocycles. The Labute approximate surface area is 120 Å². The first-order chi connectivity index (χ1) is 9.66. The molecule has 110 valence electrons. The minimum atomic E-state index is -0.778. The lowest BCUT2D eigenvalue weighted by molar-refractivity contribution is -0.136. The molecule has 1 aromatic carbocycles. The molecule has 4 heteroatoms. The molecule has 20 heavy (non-hydrogen) atoms. The molecule has 4 nitrogen and oxygen atoms in total. The van der Waals surface area contributed by atoms with Crippen molar-refractivity contribution in [2.24, 2.45) is 0 Å². The molecule has 1 saturated carbocycles. The van der Waals surface area contributed by atoms with Crippen LogP contribution in [0.15, 0.2) is 30.3 Å². The van der Waals surface area contributed by atoms with Crippen molar-refractivity contribution in [2.45, 2.75) is 44.3 Å². The molecule has 0 spiro atoms. The number of benzene rings is 1. The molecule has 1 aliphatic carbocycles. The Balaban J connectivity index is 1.94. The molecule has 1 aromatic rings. The molecule has 2 rings (SSSR count). The quantitative estimate of drug-likeness (QED) is 0.835. The first-order valence-electron chi connectivity index (χ1n) is 7.36. The van der Waals surface area contributed by atoms with Crippen LogP contribution < -0.4 is 5.32 Å². The number of likely N-dealkylation sites (N-methyl/N-ethyl adjacent to an activating group) is 1. The standard InChI is InChI=1S/C16H24N2O2/c1-18(12-13-7-3-2-4-8-13)15-10-6-5-9-14(15)17-11-16(19)20/h2-4,7-8,14-15,17H,5-6,9-12H2,1H3,(H,19,20)/t14-,15-/m0/s1. The summed E-state index contributed by atoms with van der Waals surface area (Å²) in [7, 11) is 2.14. The van der Waals surface area contributed by atoms with E-state index in [1.807, 2.05) is 6.07 Å². The van der Waals surface area contributed by atoms with Gasteiger partial charge in [-0.15, -0.1) is 0 Å². The van der Waals surface area contributed by atoms with Gasteiger partial charge >= 0.3 is 5.97 Å². The summed E-state index contributed by atoms with van der Waals surface area (Å²) < 4.78 is 0. The highest BCUT2D eigenvalue weighted by molar-refractivity contribution is 5.69. The molecule has 0 saturated heterocycles. The van der Waals surface area contributed by atoms with E-state index >= 15 is 0 Å². The molecule has 2 atom stereocenters. The van der Waals surface area contributed by atoms with E-state index in [2.05, 4.69) is 41.5 Å². The molecular weight excluding hydrogens is 252 g/mol. The van der Waals surface area contributed by atoms with Crippen LogP contribution in [0.1, 0.15) is 31.2 Å². The number of carbonyl (C=O) groups is 1. The van der Waals surface area contributed by atoms with Gasteiger partial charge in [0.2, 0.25) is 0 Å². The summed E-state index contributed by atoms with van der Waals surface area (Å²) in [6.07, 6.45) is 4.62. The summed E-state index contributed by atoms with van der Waals surface area (Å²) in [5.74, 6) is -0.778. The Hall–Kier alpha value is -1.39.